The molecule has 35 heavy (non-hydrogen) atoms. The van der Waals surface area contributed by atoms with Crippen molar-refractivity contribution in [1.82, 2.24) is 14.8 Å². The maximum atomic E-state index is 13.8. The second-order valence-electron chi connectivity index (χ2n) is 7.83. The lowest BCUT2D eigenvalue weighted by Crippen LogP contribution is -2.32. The van der Waals surface area contributed by atoms with E-state index in [-0.39, 0.29) is 30.3 Å². The molecule has 174 valence electrons. The fourth-order valence-corrected chi connectivity index (χ4v) is 4.65. The molecule has 3 aromatic carbocycles. The largest absolute Gasteiger partial charge is 0.492 e. The summed E-state index contributed by atoms with van der Waals surface area (Å²) < 4.78 is 7.93. The Morgan fingerprint density at radius 2 is 1.69 bits per heavy atom. The van der Waals surface area contributed by atoms with E-state index < -0.39 is 0 Å². The van der Waals surface area contributed by atoms with E-state index in [0.717, 1.165) is 15.8 Å². The molecule has 0 N–H and O–H groups in total. The molecule has 0 aliphatic heterocycles. The highest BCUT2D eigenvalue weighted by molar-refractivity contribution is 7.22. The first kappa shape index (κ1) is 22.5. The van der Waals surface area contributed by atoms with Crippen LogP contribution in [-0.2, 0) is 6.54 Å². The number of carbonyl (C=O) groups excluding carboxylic acids is 1. The van der Waals surface area contributed by atoms with E-state index in [1.54, 1.807) is 4.90 Å². The van der Waals surface area contributed by atoms with Gasteiger partial charge in [0.15, 0.2) is 5.13 Å². The lowest BCUT2D eigenvalue weighted by Gasteiger charge is -2.21. The molecule has 2 heterocycles. The predicted octanol–water partition coefficient (Wildman–Crippen LogP) is 5.22. The first-order valence-corrected chi connectivity index (χ1v) is 11.9. The molecular weight excluding hydrogens is 460 g/mol. The first-order chi connectivity index (χ1) is 17.1. The highest BCUT2D eigenvalue weighted by atomic mass is 32.1. The molecule has 0 aliphatic carbocycles. The number of ether oxygens (including phenoxy) is 1. The minimum absolute atomic E-state index is 0.145. The van der Waals surface area contributed by atoms with E-state index in [0.29, 0.717) is 16.6 Å². The van der Waals surface area contributed by atoms with Gasteiger partial charge in [0.25, 0.3) is 11.5 Å². The first-order valence-electron chi connectivity index (χ1n) is 11.1. The second-order valence-corrected chi connectivity index (χ2v) is 8.84. The molecule has 0 unspecified atom stereocenters. The number of hydrogen-bond acceptors (Lipinski definition) is 6. The van der Waals surface area contributed by atoms with Crippen molar-refractivity contribution in [1.29, 1.82) is 0 Å². The Morgan fingerprint density at radius 3 is 2.49 bits per heavy atom. The van der Waals surface area contributed by atoms with Crippen molar-refractivity contribution in [3.63, 3.8) is 0 Å². The highest BCUT2D eigenvalue weighted by Crippen LogP contribution is 2.35. The van der Waals surface area contributed by atoms with E-state index in [1.165, 1.54) is 28.2 Å². The molecular formula is C27H22N4O3S. The minimum Gasteiger partial charge on any atom is -0.492 e. The predicted molar refractivity (Wildman–Crippen MR) is 138 cm³/mol. The van der Waals surface area contributed by atoms with Gasteiger partial charge in [-0.1, -0.05) is 59.9 Å². The summed E-state index contributed by atoms with van der Waals surface area (Å²) >= 11 is 1.43. The molecule has 0 spiro atoms. The van der Waals surface area contributed by atoms with Crippen LogP contribution >= 0.6 is 11.3 Å². The molecule has 0 atom stereocenters. The van der Waals surface area contributed by atoms with E-state index in [2.05, 4.69) is 5.10 Å². The molecule has 0 fully saturated rings. The third-order valence-electron chi connectivity index (χ3n) is 5.43. The Bertz CT molecular complexity index is 1510. The molecule has 2 aromatic heterocycles. The lowest BCUT2D eigenvalue weighted by molar-refractivity contribution is 0.0991. The second kappa shape index (κ2) is 9.90. The van der Waals surface area contributed by atoms with Gasteiger partial charge < -0.3 is 4.74 Å². The van der Waals surface area contributed by atoms with Crippen molar-refractivity contribution in [2.24, 2.45) is 0 Å². The topological polar surface area (TPSA) is 77.3 Å². The quantitative estimate of drug-likeness (QED) is 0.318. The van der Waals surface area contributed by atoms with Gasteiger partial charge in [0.05, 0.1) is 22.4 Å². The van der Waals surface area contributed by atoms with E-state index >= 15 is 0 Å². The van der Waals surface area contributed by atoms with Crippen molar-refractivity contribution >= 4 is 38.3 Å². The van der Waals surface area contributed by atoms with Crippen LogP contribution in [0.5, 0.6) is 5.75 Å². The van der Waals surface area contributed by atoms with Gasteiger partial charge in [-0.05, 0) is 48.9 Å². The molecule has 7 nitrogen and oxygen atoms in total. The molecule has 5 aromatic rings. The Kier molecular flexibility index (Phi) is 6.36. The molecule has 0 aliphatic rings. The summed E-state index contributed by atoms with van der Waals surface area (Å²) in [6.07, 6.45) is 0. The summed E-state index contributed by atoms with van der Waals surface area (Å²) in [7, 11) is 0. The van der Waals surface area contributed by atoms with Gasteiger partial charge in [-0.2, -0.15) is 5.10 Å². The molecule has 0 radical (unpaired) electrons. The number of benzene rings is 3. The summed E-state index contributed by atoms with van der Waals surface area (Å²) in [5.41, 5.74) is 2.29. The maximum Gasteiger partial charge on any atom is 0.285 e. The molecule has 0 saturated carbocycles. The Labute approximate surface area is 205 Å². The van der Waals surface area contributed by atoms with Gasteiger partial charge >= 0.3 is 0 Å². The van der Waals surface area contributed by atoms with Crippen LogP contribution in [0, 0.1) is 6.92 Å². The molecule has 5 rings (SSSR count). The number of amides is 1. The van der Waals surface area contributed by atoms with Crippen LogP contribution in [0.25, 0.3) is 10.2 Å². The van der Waals surface area contributed by atoms with Gasteiger partial charge in [0.2, 0.25) is 0 Å². The number of carbonyl (C=O) groups is 1. The van der Waals surface area contributed by atoms with Gasteiger partial charge in [0.1, 0.15) is 18.1 Å². The van der Waals surface area contributed by atoms with Crippen molar-refractivity contribution in [2.45, 2.75) is 13.5 Å². The third-order valence-corrected chi connectivity index (χ3v) is 6.46. The monoisotopic (exact) mass is 482 g/mol. The van der Waals surface area contributed by atoms with Crippen molar-refractivity contribution in [3.05, 3.63) is 113 Å². The number of thiazole rings is 1. The summed E-state index contributed by atoms with van der Waals surface area (Å²) in [5.74, 6) is 0.338. The van der Waals surface area contributed by atoms with Crippen LogP contribution in [0.3, 0.4) is 0 Å². The zero-order valence-electron chi connectivity index (χ0n) is 19.0. The van der Waals surface area contributed by atoms with Crippen molar-refractivity contribution in [2.75, 3.05) is 11.5 Å². The minimum atomic E-state index is -0.365. The lowest BCUT2D eigenvalue weighted by atomic mass is 10.2. The Hall–Kier alpha value is -4.30. The van der Waals surface area contributed by atoms with E-state index in [4.69, 9.17) is 9.72 Å². The highest BCUT2D eigenvalue weighted by Gasteiger charge is 2.26. The van der Waals surface area contributed by atoms with Crippen LogP contribution in [-0.4, -0.2) is 27.3 Å². The SMILES string of the molecule is Cc1ccccc1N(C(=O)c1ccc(=O)n(CCOc2ccccc2)n1)c1nc2ccccc2s1. The fraction of sp³-hybridized carbons (Fsp3) is 0.111. The summed E-state index contributed by atoms with van der Waals surface area (Å²) in [5, 5.41) is 4.91. The van der Waals surface area contributed by atoms with Gasteiger partial charge in [-0.15, -0.1) is 0 Å². The average Bonchev–Trinajstić information content (AvgIpc) is 3.31. The van der Waals surface area contributed by atoms with E-state index in [1.807, 2.05) is 85.8 Å². The molecule has 1 amide bonds. The summed E-state index contributed by atoms with van der Waals surface area (Å²) in [6.45, 7) is 2.40. The normalized spacial score (nSPS) is 10.9. The molecule has 0 saturated heterocycles. The molecule has 0 bridgehead atoms. The van der Waals surface area contributed by atoms with Gasteiger partial charge in [-0.25, -0.2) is 9.67 Å². The smallest absolute Gasteiger partial charge is 0.285 e. The summed E-state index contributed by atoms with van der Waals surface area (Å²) in [4.78, 5) is 32.5. The van der Waals surface area contributed by atoms with Gasteiger partial charge in [0, 0.05) is 6.07 Å². The Balaban J connectivity index is 1.48. The maximum absolute atomic E-state index is 13.8. The van der Waals surface area contributed by atoms with E-state index in [9.17, 15) is 9.59 Å². The van der Waals surface area contributed by atoms with Crippen LogP contribution < -0.4 is 15.2 Å². The number of nitrogens with zero attached hydrogens (tertiary/aromatic N) is 4. The van der Waals surface area contributed by atoms with Crippen LogP contribution in [0.2, 0.25) is 0 Å². The van der Waals surface area contributed by atoms with Crippen LogP contribution in [0.4, 0.5) is 10.8 Å². The zero-order chi connectivity index (χ0) is 24.2. The third kappa shape index (κ3) is 4.83. The standard InChI is InChI=1S/C27H22N4O3S/c1-19-9-5-7-13-23(19)31(27-28-21-12-6-8-14-24(21)35-27)26(33)22-15-16-25(32)30(29-22)17-18-34-20-10-3-2-4-11-20/h2-16H,17-18H2,1H3. The van der Waals surface area contributed by atoms with Crippen molar-refractivity contribution in [3.8, 4) is 5.75 Å². The number of anilines is 2. The number of aromatic nitrogens is 3. The number of para-hydroxylation sites is 3. The average molecular weight is 483 g/mol. The zero-order valence-corrected chi connectivity index (χ0v) is 19.8. The number of fused-ring (bicyclic) bond motifs is 1. The number of aryl methyl sites for hydroxylation is 1. The summed E-state index contributed by atoms with van der Waals surface area (Å²) in [6, 6.07) is 27.5. The van der Waals surface area contributed by atoms with Gasteiger partial charge in [-0.3, -0.25) is 14.5 Å². The Morgan fingerprint density at radius 1 is 0.943 bits per heavy atom. The molecule has 8 heteroatoms. The number of hydrogen-bond donors (Lipinski definition) is 0. The van der Waals surface area contributed by atoms with Crippen molar-refractivity contribution < 1.29 is 9.53 Å². The fourth-order valence-electron chi connectivity index (χ4n) is 3.67. The van der Waals surface area contributed by atoms with Crippen LogP contribution in [0.1, 0.15) is 16.1 Å². The van der Waals surface area contributed by atoms with Crippen LogP contribution in [0.15, 0.2) is 95.8 Å². The number of rotatable bonds is 7.